The Morgan fingerprint density at radius 2 is 2.08 bits per heavy atom. The van der Waals surface area contributed by atoms with Gasteiger partial charge in [0.2, 0.25) is 0 Å². The quantitative estimate of drug-likeness (QED) is 0.493. The highest BCUT2D eigenvalue weighted by molar-refractivity contribution is 7.99. The molecule has 3 aromatic rings. The molecule has 1 aliphatic rings. The van der Waals surface area contributed by atoms with E-state index in [1.807, 2.05) is 41.8 Å². The number of hydrogen-bond acceptors (Lipinski definition) is 6. The third kappa shape index (κ3) is 3.22. The minimum Gasteiger partial charge on any atom is -0.493 e. The summed E-state index contributed by atoms with van der Waals surface area (Å²) in [5.41, 5.74) is 2.79. The number of carbonyl (C=O) groups excluding carboxylic acids is 1. The van der Waals surface area contributed by atoms with Crippen LogP contribution >= 0.6 is 11.8 Å². The van der Waals surface area contributed by atoms with Gasteiger partial charge in [-0.25, -0.2) is 0 Å². The molecule has 132 valence electrons. The maximum absolute atomic E-state index is 12.6. The molecule has 1 aromatic carbocycles. The molecular formula is C19H18N4O2S. The Morgan fingerprint density at radius 3 is 2.88 bits per heavy atom. The topological polar surface area (TPSA) is 69.9 Å². The zero-order valence-corrected chi connectivity index (χ0v) is 15.2. The molecule has 0 unspecified atom stereocenters. The Bertz CT molecular complexity index is 940. The van der Waals surface area contributed by atoms with E-state index >= 15 is 0 Å². The van der Waals surface area contributed by atoms with Gasteiger partial charge in [-0.15, -0.1) is 10.2 Å². The number of fused-ring (bicyclic) bond motifs is 1. The second-order valence-electron chi connectivity index (χ2n) is 5.92. The molecule has 6 nitrogen and oxygen atoms in total. The Morgan fingerprint density at radius 1 is 1.23 bits per heavy atom. The summed E-state index contributed by atoms with van der Waals surface area (Å²) < 4.78 is 7.51. The van der Waals surface area contributed by atoms with E-state index in [1.54, 1.807) is 12.4 Å². The molecule has 0 saturated carbocycles. The zero-order valence-electron chi connectivity index (χ0n) is 14.4. The number of aromatic nitrogens is 4. The lowest BCUT2D eigenvalue weighted by atomic mass is 10.1. The highest BCUT2D eigenvalue weighted by Crippen LogP contribution is 2.28. The van der Waals surface area contributed by atoms with Gasteiger partial charge in [-0.1, -0.05) is 11.8 Å². The molecule has 0 aliphatic carbocycles. The van der Waals surface area contributed by atoms with Gasteiger partial charge >= 0.3 is 0 Å². The van der Waals surface area contributed by atoms with Crippen molar-refractivity contribution in [3.8, 4) is 17.1 Å². The number of pyridine rings is 1. The van der Waals surface area contributed by atoms with E-state index in [0.717, 1.165) is 46.4 Å². The molecule has 0 bridgehead atoms. The predicted molar refractivity (Wildman–Crippen MR) is 99.6 cm³/mol. The molecule has 3 heterocycles. The summed E-state index contributed by atoms with van der Waals surface area (Å²) in [5.74, 6) is 2.09. The SMILES string of the molecule is CCn1c(SCC(=O)c2ccc3c(c2)CCO3)nnc1-c1ccncc1. The Kier molecular flexibility index (Phi) is 4.71. The summed E-state index contributed by atoms with van der Waals surface area (Å²) in [5, 5.41) is 9.31. The normalized spacial score (nSPS) is 12.7. The highest BCUT2D eigenvalue weighted by atomic mass is 32.2. The van der Waals surface area contributed by atoms with Crippen LogP contribution in [0.25, 0.3) is 11.4 Å². The molecular weight excluding hydrogens is 348 g/mol. The Balaban J connectivity index is 1.49. The summed E-state index contributed by atoms with van der Waals surface area (Å²) in [6.45, 7) is 3.47. The first-order valence-electron chi connectivity index (χ1n) is 8.51. The largest absolute Gasteiger partial charge is 0.493 e. The molecule has 0 amide bonds. The molecule has 0 saturated heterocycles. The number of nitrogens with zero attached hydrogens (tertiary/aromatic N) is 4. The average Bonchev–Trinajstić information content (AvgIpc) is 3.32. The zero-order chi connectivity index (χ0) is 17.9. The van der Waals surface area contributed by atoms with Crippen LogP contribution in [-0.4, -0.2) is 37.9 Å². The van der Waals surface area contributed by atoms with E-state index < -0.39 is 0 Å². The van der Waals surface area contributed by atoms with Crippen LogP contribution in [0, 0.1) is 0 Å². The Labute approximate surface area is 155 Å². The number of thioether (sulfide) groups is 1. The number of rotatable bonds is 6. The minimum absolute atomic E-state index is 0.0841. The summed E-state index contributed by atoms with van der Waals surface area (Å²) >= 11 is 1.42. The van der Waals surface area contributed by atoms with Gasteiger partial charge in [0, 0.05) is 36.5 Å². The van der Waals surface area contributed by atoms with Crippen molar-refractivity contribution in [2.24, 2.45) is 0 Å². The van der Waals surface area contributed by atoms with Crippen LogP contribution in [0.5, 0.6) is 5.75 Å². The first-order chi connectivity index (χ1) is 12.8. The lowest BCUT2D eigenvalue weighted by molar-refractivity contribution is 0.102. The third-order valence-corrected chi connectivity index (χ3v) is 5.28. The van der Waals surface area contributed by atoms with Crippen molar-refractivity contribution in [1.82, 2.24) is 19.7 Å². The number of ether oxygens (including phenoxy) is 1. The van der Waals surface area contributed by atoms with Crippen LogP contribution in [0.3, 0.4) is 0 Å². The fourth-order valence-corrected chi connectivity index (χ4v) is 3.87. The van der Waals surface area contributed by atoms with Crippen LogP contribution < -0.4 is 4.74 Å². The lowest BCUT2D eigenvalue weighted by Crippen LogP contribution is -2.05. The van der Waals surface area contributed by atoms with Gasteiger partial charge < -0.3 is 9.30 Å². The first-order valence-corrected chi connectivity index (χ1v) is 9.50. The number of hydrogen-bond donors (Lipinski definition) is 0. The number of benzene rings is 1. The van der Waals surface area contributed by atoms with E-state index in [-0.39, 0.29) is 5.78 Å². The number of carbonyl (C=O) groups is 1. The van der Waals surface area contributed by atoms with E-state index in [2.05, 4.69) is 15.2 Å². The lowest BCUT2D eigenvalue weighted by Gasteiger charge is -2.07. The van der Waals surface area contributed by atoms with Crippen LogP contribution in [0.4, 0.5) is 0 Å². The standard InChI is InChI=1S/C19H18N4O2S/c1-2-23-18(13-5-8-20-9-6-13)21-22-19(23)26-12-16(24)14-3-4-17-15(11-14)7-10-25-17/h3-6,8-9,11H,2,7,10,12H2,1H3. The molecule has 0 radical (unpaired) electrons. The smallest absolute Gasteiger partial charge is 0.191 e. The first kappa shape index (κ1) is 16.8. The van der Waals surface area contributed by atoms with Gasteiger partial charge in [0.05, 0.1) is 12.4 Å². The van der Waals surface area contributed by atoms with Gasteiger partial charge in [-0.05, 0) is 42.8 Å². The van der Waals surface area contributed by atoms with Crippen molar-refractivity contribution in [2.75, 3.05) is 12.4 Å². The average molecular weight is 366 g/mol. The second-order valence-corrected chi connectivity index (χ2v) is 6.86. The van der Waals surface area contributed by atoms with Gasteiger partial charge in [-0.2, -0.15) is 0 Å². The molecule has 4 rings (SSSR count). The fraction of sp³-hybridized carbons (Fsp3) is 0.263. The molecule has 7 heteroatoms. The van der Waals surface area contributed by atoms with Crippen molar-refractivity contribution < 1.29 is 9.53 Å². The summed E-state index contributed by atoms with van der Waals surface area (Å²) in [7, 11) is 0. The number of ketones is 1. The highest BCUT2D eigenvalue weighted by Gasteiger charge is 2.17. The summed E-state index contributed by atoms with van der Waals surface area (Å²) in [4.78, 5) is 16.6. The number of Topliss-reactive ketones (excluding diaryl/α,β-unsaturated/α-hetero) is 1. The van der Waals surface area contributed by atoms with E-state index in [9.17, 15) is 4.79 Å². The maximum Gasteiger partial charge on any atom is 0.191 e. The Hall–Kier alpha value is -2.67. The molecule has 0 fully saturated rings. The maximum atomic E-state index is 12.6. The van der Waals surface area contributed by atoms with Crippen molar-refractivity contribution in [3.05, 3.63) is 53.9 Å². The molecule has 0 atom stereocenters. The van der Waals surface area contributed by atoms with Crippen molar-refractivity contribution in [1.29, 1.82) is 0 Å². The van der Waals surface area contributed by atoms with Crippen LogP contribution in [0.15, 0.2) is 47.9 Å². The third-order valence-electron chi connectivity index (χ3n) is 4.32. The van der Waals surface area contributed by atoms with Gasteiger partial charge in [0.15, 0.2) is 16.8 Å². The van der Waals surface area contributed by atoms with E-state index in [4.69, 9.17) is 4.74 Å². The molecule has 1 aliphatic heterocycles. The molecule has 0 spiro atoms. The monoisotopic (exact) mass is 366 g/mol. The van der Waals surface area contributed by atoms with Crippen molar-refractivity contribution in [3.63, 3.8) is 0 Å². The van der Waals surface area contributed by atoms with Gasteiger partial charge in [-0.3, -0.25) is 9.78 Å². The van der Waals surface area contributed by atoms with E-state index in [0.29, 0.717) is 12.4 Å². The van der Waals surface area contributed by atoms with Crippen LogP contribution in [0.2, 0.25) is 0 Å². The van der Waals surface area contributed by atoms with Crippen molar-refractivity contribution in [2.45, 2.75) is 25.0 Å². The second kappa shape index (κ2) is 7.29. The minimum atomic E-state index is 0.0841. The molecule has 26 heavy (non-hydrogen) atoms. The van der Waals surface area contributed by atoms with E-state index in [1.165, 1.54) is 11.8 Å². The van der Waals surface area contributed by atoms with Crippen molar-refractivity contribution >= 4 is 17.5 Å². The predicted octanol–water partition coefficient (Wildman–Crippen LogP) is 3.27. The molecule has 0 N–H and O–H groups in total. The van der Waals surface area contributed by atoms with Gasteiger partial charge in [0.25, 0.3) is 0 Å². The van der Waals surface area contributed by atoms with Crippen LogP contribution in [0.1, 0.15) is 22.8 Å². The van der Waals surface area contributed by atoms with Gasteiger partial charge in [0.1, 0.15) is 5.75 Å². The van der Waals surface area contributed by atoms with Crippen LogP contribution in [-0.2, 0) is 13.0 Å². The molecule has 2 aromatic heterocycles. The fourth-order valence-electron chi connectivity index (χ4n) is 2.97. The summed E-state index contributed by atoms with van der Waals surface area (Å²) in [6.07, 6.45) is 4.33. The summed E-state index contributed by atoms with van der Waals surface area (Å²) in [6, 6.07) is 9.47.